The third-order valence-electron chi connectivity index (χ3n) is 8.05. The number of nitrogens with zero attached hydrogens (tertiary/aromatic N) is 1. The van der Waals surface area contributed by atoms with Crippen molar-refractivity contribution in [3.63, 3.8) is 0 Å². The molecule has 0 unspecified atom stereocenters. The minimum absolute atomic E-state index is 0.00602. The molecule has 1 aromatic heterocycles. The number of fused-ring (bicyclic) bond motifs is 1. The van der Waals surface area contributed by atoms with E-state index in [-0.39, 0.29) is 30.7 Å². The molecule has 2 saturated heterocycles. The molecule has 0 radical (unpaired) electrons. The molecule has 3 heterocycles. The number of rotatable bonds is 11. The van der Waals surface area contributed by atoms with Crippen molar-refractivity contribution >= 4 is 40.3 Å². The fraction of sp³-hybridized carbons (Fsp3) is 0.344. The Morgan fingerprint density at radius 1 is 1.07 bits per heavy atom. The number of Topliss-reactive ketones (excluding diaryl/α,β-unsaturated/α-hetero) is 1. The maximum absolute atomic E-state index is 13.8. The molecule has 42 heavy (non-hydrogen) atoms. The second-order valence-corrected chi connectivity index (χ2v) is 11.0. The van der Waals surface area contributed by atoms with Crippen LogP contribution in [0.5, 0.6) is 0 Å². The zero-order valence-corrected chi connectivity index (χ0v) is 23.3. The van der Waals surface area contributed by atoms with Crippen LogP contribution in [0, 0.1) is 11.8 Å². The molecule has 2 aliphatic rings. The fourth-order valence-corrected chi connectivity index (χ4v) is 5.82. The summed E-state index contributed by atoms with van der Waals surface area (Å²) < 4.78 is 0. The maximum Gasteiger partial charge on any atom is 0.289 e. The van der Waals surface area contributed by atoms with E-state index < -0.39 is 35.6 Å². The van der Waals surface area contributed by atoms with Gasteiger partial charge in [0, 0.05) is 36.5 Å². The summed E-state index contributed by atoms with van der Waals surface area (Å²) >= 11 is 0. The number of aromatic amines is 1. The summed E-state index contributed by atoms with van der Waals surface area (Å²) in [6.45, 7) is 4.77. The van der Waals surface area contributed by atoms with E-state index in [1.54, 1.807) is 12.1 Å². The number of carbonyl (C=O) groups is 5. The van der Waals surface area contributed by atoms with Crippen LogP contribution in [0.3, 0.4) is 0 Å². The highest BCUT2D eigenvalue weighted by molar-refractivity contribution is 6.38. The van der Waals surface area contributed by atoms with Gasteiger partial charge in [0.05, 0.1) is 6.04 Å². The molecular weight excluding hydrogens is 534 g/mol. The number of ketones is 1. The number of hydrogen-bond acceptors (Lipinski definition) is 5. The smallest absolute Gasteiger partial charge is 0.289 e. The van der Waals surface area contributed by atoms with Crippen LogP contribution >= 0.6 is 0 Å². The third kappa shape index (κ3) is 6.43. The molecule has 5 rings (SSSR count). The molecule has 0 spiro atoms. The van der Waals surface area contributed by atoms with Gasteiger partial charge in [-0.25, -0.2) is 0 Å². The molecule has 218 valence electrons. The molecule has 4 amide bonds. The summed E-state index contributed by atoms with van der Waals surface area (Å²) in [5.41, 5.74) is 1.99. The van der Waals surface area contributed by atoms with Crippen molar-refractivity contribution in [2.24, 2.45) is 11.8 Å². The SMILES string of the molecule is C=CC[C@@H]1C[C@@H](C(=O)N[C@@H](C[C@@H]2CCNC2=O)C(=O)C(=O)NCc2ccccc2)N(C(=O)c2cc3ccccc3[nH]2)C1. The van der Waals surface area contributed by atoms with Gasteiger partial charge in [-0.2, -0.15) is 0 Å². The van der Waals surface area contributed by atoms with Gasteiger partial charge in [-0.05, 0) is 49.3 Å². The molecule has 10 heteroatoms. The number of benzene rings is 2. The summed E-state index contributed by atoms with van der Waals surface area (Å²) in [6, 6.07) is 16.4. The number of hydrogen-bond donors (Lipinski definition) is 4. The number of H-pyrrole nitrogens is 1. The van der Waals surface area contributed by atoms with Gasteiger partial charge in [0.15, 0.2) is 0 Å². The van der Waals surface area contributed by atoms with Crippen molar-refractivity contribution in [2.75, 3.05) is 13.1 Å². The van der Waals surface area contributed by atoms with Crippen LogP contribution in [0.2, 0.25) is 0 Å². The Morgan fingerprint density at radius 2 is 1.83 bits per heavy atom. The van der Waals surface area contributed by atoms with Crippen LogP contribution in [0.15, 0.2) is 73.3 Å². The molecule has 3 aromatic rings. The van der Waals surface area contributed by atoms with Crippen LogP contribution in [0.1, 0.15) is 41.7 Å². The monoisotopic (exact) mass is 569 g/mol. The van der Waals surface area contributed by atoms with E-state index in [4.69, 9.17) is 0 Å². The predicted octanol–water partition coefficient (Wildman–Crippen LogP) is 2.47. The zero-order valence-electron chi connectivity index (χ0n) is 23.3. The van der Waals surface area contributed by atoms with Crippen LogP contribution < -0.4 is 16.0 Å². The first kappa shape index (κ1) is 28.8. The van der Waals surface area contributed by atoms with E-state index in [0.29, 0.717) is 38.0 Å². The topological polar surface area (TPSA) is 140 Å². The van der Waals surface area contributed by atoms with E-state index in [1.807, 2.05) is 54.6 Å². The molecule has 0 bridgehead atoms. The Bertz CT molecular complexity index is 1470. The highest BCUT2D eigenvalue weighted by Crippen LogP contribution is 2.29. The first-order valence-corrected chi connectivity index (χ1v) is 14.3. The number of para-hydroxylation sites is 1. The first-order valence-electron chi connectivity index (χ1n) is 14.3. The van der Waals surface area contributed by atoms with E-state index in [0.717, 1.165) is 16.5 Å². The largest absolute Gasteiger partial charge is 0.356 e. The van der Waals surface area contributed by atoms with Crippen LogP contribution in [0.4, 0.5) is 0 Å². The molecule has 2 aromatic carbocycles. The number of aromatic nitrogens is 1. The zero-order chi connectivity index (χ0) is 29.6. The number of likely N-dealkylation sites (tertiary alicyclic amines) is 1. The summed E-state index contributed by atoms with van der Waals surface area (Å²) in [4.78, 5) is 70.7. The van der Waals surface area contributed by atoms with Crippen molar-refractivity contribution in [1.82, 2.24) is 25.8 Å². The third-order valence-corrected chi connectivity index (χ3v) is 8.05. The molecule has 10 nitrogen and oxygen atoms in total. The number of carbonyl (C=O) groups excluding carboxylic acids is 5. The number of allylic oxidation sites excluding steroid dienone is 1. The molecule has 4 N–H and O–H groups in total. The van der Waals surface area contributed by atoms with Crippen molar-refractivity contribution in [2.45, 2.75) is 44.3 Å². The van der Waals surface area contributed by atoms with E-state index >= 15 is 0 Å². The van der Waals surface area contributed by atoms with E-state index in [1.165, 1.54) is 4.90 Å². The summed E-state index contributed by atoms with van der Waals surface area (Å²) in [5.74, 6) is -3.24. The fourth-order valence-electron chi connectivity index (χ4n) is 5.82. The van der Waals surface area contributed by atoms with Crippen LogP contribution in [-0.2, 0) is 25.7 Å². The lowest BCUT2D eigenvalue weighted by Gasteiger charge is -2.26. The van der Waals surface area contributed by atoms with Gasteiger partial charge in [0.25, 0.3) is 11.8 Å². The van der Waals surface area contributed by atoms with E-state index in [2.05, 4.69) is 27.5 Å². The van der Waals surface area contributed by atoms with E-state index in [9.17, 15) is 24.0 Å². The number of nitrogens with one attached hydrogen (secondary N) is 4. The predicted molar refractivity (Wildman–Crippen MR) is 157 cm³/mol. The van der Waals surface area contributed by atoms with Crippen molar-refractivity contribution in [1.29, 1.82) is 0 Å². The van der Waals surface area contributed by atoms with Crippen molar-refractivity contribution < 1.29 is 24.0 Å². The molecule has 2 fully saturated rings. The highest BCUT2D eigenvalue weighted by atomic mass is 16.2. The van der Waals surface area contributed by atoms with Gasteiger partial charge < -0.3 is 25.8 Å². The molecule has 4 atom stereocenters. The van der Waals surface area contributed by atoms with Gasteiger partial charge in [-0.3, -0.25) is 24.0 Å². The summed E-state index contributed by atoms with van der Waals surface area (Å²) in [5, 5.41) is 8.99. The Labute approximate surface area is 243 Å². The molecule has 0 saturated carbocycles. The second-order valence-electron chi connectivity index (χ2n) is 11.0. The Kier molecular flexibility index (Phi) is 8.80. The normalized spacial score (nSPS) is 20.6. The maximum atomic E-state index is 13.8. The lowest BCUT2D eigenvalue weighted by molar-refractivity contribution is -0.141. The average molecular weight is 570 g/mol. The van der Waals surface area contributed by atoms with Crippen LogP contribution in [-0.4, -0.2) is 64.5 Å². The summed E-state index contributed by atoms with van der Waals surface area (Å²) in [6.07, 6.45) is 3.26. The quantitative estimate of drug-likeness (QED) is 0.208. The Hall–Kier alpha value is -4.73. The minimum Gasteiger partial charge on any atom is -0.356 e. The van der Waals surface area contributed by atoms with Gasteiger partial charge in [-0.15, -0.1) is 6.58 Å². The second kappa shape index (κ2) is 12.8. The lowest BCUT2D eigenvalue weighted by atomic mass is 9.94. The highest BCUT2D eigenvalue weighted by Gasteiger charge is 2.42. The van der Waals surface area contributed by atoms with Crippen molar-refractivity contribution in [3.05, 3.63) is 84.6 Å². The number of amides is 4. The summed E-state index contributed by atoms with van der Waals surface area (Å²) in [7, 11) is 0. The average Bonchev–Trinajstić information content (AvgIpc) is 3.74. The Morgan fingerprint density at radius 3 is 2.55 bits per heavy atom. The lowest BCUT2D eigenvalue weighted by Crippen LogP contribution is -2.54. The van der Waals surface area contributed by atoms with Gasteiger partial charge in [0.2, 0.25) is 17.6 Å². The molecular formula is C32H35N5O5. The minimum atomic E-state index is -1.22. The molecule has 0 aliphatic carbocycles. The molecule has 2 aliphatic heterocycles. The van der Waals surface area contributed by atoms with Gasteiger partial charge in [0.1, 0.15) is 11.7 Å². The van der Waals surface area contributed by atoms with Gasteiger partial charge in [-0.1, -0.05) is 54.6 Å². The van der Waals surface area contributed by atoms with Gasteiger partial charge >= 0.3 is 0 Å². The first-order chi connectivity index (χ1) is 20.3. The standard InChI is InChI=1S/C32H35N5O5/c1-2-8-21-15-27(37(19-21)32(42)26-16-22-11-6-7-12-24(22)35-26)30(40)36-25(17-23-13-14-33-29(23)39)28(38)31(41)34-18-20-9-4-3-5-10-20/h2-7,9-12,16,21,23,25,27,35H,1,8,13-15,17-19H2,(H,33,39)(H,34,41)(H,36,40)/t21-,23+,25+,27+/m1/s1. The van der Waals surface area contributed by atoms with Crippen molar-refractivity contribution in [3.8, 4) is 0 Å². The van der Waals surface area contributed by atoms with Crippen LogP contribution in [0.25, 0.3) is 10.9 Å². The Balaban J connectivity index is 1.34.